The summed E-state index contributed by atoms with van der Waals surface area (Å²) in [5, 5.41) is 32.0. The molecule has 0 unspecified atom stereocenters. The number of aromatic hydroxyl groups is 1. The number of rotatable bonds is 3. The van der Waals surface area contributed by atoms with Crippen LogP contribution in [0.1, 0.15) is 43.3 Å². The van der Waals surface area contributed by atoms with Crippen LogP contribution in [0, 0.1) is 0 Å². The van der Waals surface area contributed by atoms with E-state index in [1.807, 2.05) is 0 Å². The predicted molar refractivity (Wildman–Crippen MR) is 122 cm³/mol. The third kappa shape index (κ3) is 2.98. The largest absolute Gasteiger partial charge is 0.508 e. The number of benzene rings is 3. The average Bonchev–Trinajstić information content (AvgIpc) is 2.86. The number of phenols is 1. The maximum Gasteiger partial charge on any atom is 0.234 e. The van der Waals surface area contributed by atoms with E-state index in [0.29, 0.717) is 0 Å². The molecule has 0 saturated heterocycles. The molecule has 0 radical (unpaired) electrons. The Morgan fingerprint density at radius 1 is 0.471 bits per heavy atom. The number of ketones is 4. The van der Waals surface area contributed by atoms with Gasteiger partial charge in [0.25, 0.3) is 0 Å². The summed E-state index contributed by atoms with van der Waals surface area (Å²) in [5.74, 6) is -6.51. The standard InChI is InChI=1S/C27H16O7/c28-14-11-9-13(10-12-14)19(20-22(29)15-5-1-3-7-17(15)24(31)26(20)33)21-23(30)16-6-2-4-8-18(16)25(32)27(21)34/h1-12,19,28-30H. The molecule has 34 heavy (non-hydrogen) atoms. The molecule has 3 aromatic carbocycles. The van der Waals surface area contributed by atoms with E-state index in [0.717, 1.165) is 0 Å². The summed E-state index contributed by atoms with van der Waals surface area (Å²) in [6.07, 6.45) is 0. The van der Waals surface area contributed by atoms with Crippen LogP contribution >= 0.6 is 0 Å². The number of hydrogen-bond donors (Lipinski definition) is 3. The second-order valence-electron chi connectivity index (χ2n) is 7.96. The third-order valence-electron chi connectivity index (χ3n) is 6.07. The summed E-state index contributed by atoms with van der Waals surface area (Å²) >= 11 is 0. The van der Waals surface area contributed by atoms with Crippen LogP contribution in [-0.2, 0) is 9.59 Å². The maximum atomic E-state index is 13.2. The molecule has 0 fully saturated rings. The Hall–Kier alpha value is -4.78. The van der Waals surface area contributed by atoms with Gasteiger partial charge in [0.2, 0.25) is 23.1 Å². The minimum absolute atomic E-state index is 0.00722. The molecule has 166 valence electrons. The Morgan fingerprint density at radius 3 is 1.26 bits per heavy atom. The van der Waals surface area contributed by atoms with Crippen molar-refractivity contribution in [1.82, 2.24) is 0 Å². The first kappa shape index (κ1) is 21.1. The van der Waals surface area contributed by atoms with Crippen molar-refractivity contribution in [3.8, 4) is 5.75 Å². The van der Waals surface area contributed by atoms with Gasteiger partial charge < -0.3 is 15.3 Å². The molecule has 0 saturated carbocycles. The zero-order valence-corrected chi connectivity index (χ0v) is 17.5. The van der Waals surface area contributed by atoms with Gasteiger partial charge in [-0.2, -0.15) is 0 Å². The monoisotopic (exact) mass is 452 g/mol. The maximum absolute atomic E-state index is 13.2. The number of aliphatic hydroxyl groups is 2. The molecule has 7 nitrogen and oxygen atoms in total. The first-order valence-electron chi connectivity index (χ1n) is 10.3. The van der Waals surface area contributed by atoms with E-state index < -0.39 is 51.7 Å². The summed E-state index contributed by atoms with van der Waals surface area (Å²) < 4.78 is 0. The molecule has 7 heteroatoms. The lowest BCUT2D eigenvalue weighted by molar-refractivity contribution is -0.112. The van der Waals surface area contributed by atoms with Crippen LogP contribution in [0.5, 0.6) is 5.75 Å². The van der Waals surface area contributed by atoms with Gasteiger partial charge in [-0.25, -0.2) is 0 Å². The highest BCUT2D eigenvalue weighted by molar-refractivity contribution is 6.55. The van der Waals surface area contributed by atoms with Gasteiger partial charge >= 0.3 is 0 Å². The molecule has 5 rings (SSSR count). The highest BCUT2D eigenvalue weighted by atomic mass is 16.3. The predicted octanol–water partition coefficient (Wildman–Crippen LogP) is 3.95. The quantitative estimate of drug-likeness (QED) is 0.513. The second kappa shape index (κ2) is 7.67. The van der Waals surface area contributed by atoms with E-state index >= 15 is 0 Å². The van der Waals surface area contributed by atoms with Crippen molar-refractivity contribution in [2.24, 2.45) is 0 Å². The van der Waals surface area contributed by atoms with E-state index in [-0.39, 0.29) is 33.6 Å². The fraction of sp³-hybridized carbons (Fsp3) is 0.0370. The van der Waals surface area contributed by atoms with Gasteiger partial charge in [-0.1, -0.05) is 60.7 Å². The lowest BCUT2D eigenvalue weighted by atomic mass is 9.72. The van der Waals surface area contributed by atoms with Crippen LogP contribution in [0.25, 0.3) is 11.5 Å². The molecule has 0 amide bonds. The van der Waals surface area contributed by atoms with Gasteiger partial charge in [-0.3, -0.25) is 19.2 Å². The Balaban J connectivity index is 1.85. The topological polar surface area (TPSA) is 129 Å². The highest BCUT2D eigenvalue weighted by Crippen LogP contribution is 2.44. The number of allylic oxidation sites excluding steroid dienone is 2. The van der Waals surface area contributed by atoms with Crippen molar-refractivity contribution in [2.75, 3.05) is 0 Å². The Morgan fingerprint density at radius 2 is 0.853 bits per heavy atom. The van der Waals surface area contributed by atoms with Crippen molar-refractivity contribution in [3.63, 3.8) is 0 Å². The number of fused-ring (bicyclic) bond motifs is 2. The smallest absolute Gasteiger partial charge is 0.234 e. The zero-order chi connectivity index (χ0) is 24.1. The van der Waals surface area contributed by atoms with E-state index in [9.17, 15) is 34.5 Å². The van der Waals surface area contributed by atoms with Crippen molar-refractivity contribution in [3.05, 3.63) is 112 Å². The van der Waals surface area contributed by atoms with E-state index in [1.165, 1.54) is 48.5 Å². The van der Waals surface area contributed by atoms with Crippen molar-refractivity contribution < 1.29 is 34.5 Å². The second-order valence-corrected chi connectivity index (χ2v) is 7.96. The molecule has 3 aromatic rings. The molecule has 0 heterocycles. The minimum Gasteiger partial charge on any atom is -0.508 e. The van der Waals surface area contributed by atoms with Gasteiger partial charge in [0.15, 0.2) is 0 Å². The Bertz CT molecular complexity index is 1400. The molecule has 0 bridgehead atoms. The molecule has 3 N–H and O–H groups in total. The Labute approximate surface area is 192 Å². The van der Waals surface area contributed by atoms with Crippen molar-refractivity contribution in [2.45, 2.75) is 5.92 Å². The van der Waals surface area contributed by atoms with Crippen LogP contribution in [0.15, 0.2) is 83.9 Å². The van der Waals surface area contributed by atoms with Gasteiger partial charge in [-0.05, 0) is 17.7 Å². The van der Waals surface area contributed by atoms with Crippen LogP contribution in [0.3, 0.4) is 0 Å². The lowest BCUT2D eigenvalue weighted by Gasteiger charge is -2.29. The summed E-state index contributed by atoms with van der Waals surface area (Å²) in [4.78, 5) is 52.3. The molecular formula is C27H16O7. The molecular weight excluding hydrogens is 436 g/mol. The van der Waals surface area contributed by atoms with Gasteiger partial charge in [0.05, 0.1) is 11.1 Å². The third-order valence-corrected chi connectivity index (χ3v) is 6.07. The number of carbonyl (C=O) groups is 4. The van der Waals surface area contributed by atoms with E-state index in [4.69, 9.17) is 0 Å². The molecule has 0 atom stereocenters. The number of carbonyl (C=O) groups excluding carboxylic acids is 4. The minimum atomic E-state index is -1.45. The molecule has 0 aliphatic heterocycles. The SMILES string of the molecule is O=C1C(=O)c2ccccc2C(O)=C1C(C1=C(O)c2ccccc2C(=O)C1=O)c1ccc(O)cc1. The fourth-order valence-electron chi connectivity index (χ4n) is 4.45. The van der Waals surface area contributed by atoms with Gasteiger partial charge in [-0.15, -0.1) is 0 Å². The fourth-order valence-corrected chi connectivity index (χ4v) is 4.45. The highest BCUT2D eigenvalue weighted by Gasteiger charge is 2.44. The van der Waals surface area contributed by atoms with Crippen LogP contribution in [0.4, 0.5) is 0 Å². The molecule has 0 aromatic heterocycles. The van der Waals surface area contributed by atoms with E-state index in [1.54, 1.807) is 24.3 Å². The number of hydrogen-bond acceptors (Lipinski definition) is 7. The zero-order valence-electron chi connectivity index (χ0n) is 17.5. The Kier molecular flexibility index (Phi) is 4.76. The first-order valence-corrected chi connectivity index (χ1v) is 10.3. The summed E-state index contributed by atoms with van der Waals surface area (Å²) in [7, 11) is 0. The average molecular weight is 452 g/mol. The van der Waals surface area contributed by atoms with Gasteiger partial charge in [0.1, 0.15) is 17.3 Å². The van der Waals surface area contributed by atoms with Crippen molar-refractivity contribution in [1.29, 1.82) is 0 Å². The molecule has 2 aliphatic rings. The number of aliphatic hydroxyl groups excluding tert-OH is 2. The summed E-state index contributed by atoms with van der Waals surface area (Å²) in [6, 6.07) is 17.3. The summed E-state index contributed by atoms with van der Waals surface area (Å²) in [5.41, 5.74) is -0.447. The number of phenolic OH excluding ortho intramolecular Hbond substituents is 1. The number of Topliss-reactive ketones (excluding diaryl/α,β-unsaturated/α-hetero) is 4. The van der Waals surface area contributed by atoms with Crippen LogP contribution in [-0.4, -0.2) is 38.5 Å². The molecule has 0 spiro atoms. The lowest BCUT2D eigenvalue weighted by Crippen LogP contribution is -2.33. The summed E-state index contributed by atoms with van der Waals surface area (Å²) in [6.45, 7) is 0. The van der Waals surface area contributed by atoms with Crippen LogP contribution in [0.2, 0.25) is 0 Å². The first-order chi connectivity index (χ1) is 16.3. The van der Waals surface area contributed by atoms with Crippen LogP contribution < -0.4 is 0 Å². The molecule has 2 aliphatic carbocycles. The normalized spacial score (nSPS) is 15.7. The van der Waals surface area contributed by atoms with Crippen molar-refractivity contribution >= 4 is 34.7 Å². The van der Waals surface area contributed by atoms with E-state index in [2.05, 4.69) is 0 Å². The van der Waals surface area contributed by atoms with Gasteiger partial charge in [0, 0.05) is 28.2 Å².